The fraction of sp³-hybridized carbons (Fsp3) is 0.727. The number of hydrogen-bond acceptors (Lipinski definition) is 3. The van der Waals surface area contributed by atoms with E-state index in [0.29, 0.717) is 0 Å². The van der Waals surface area contributed by atoms with Crippen molar-refractivity contribution >= 4 is 10.1 Å². The summed E-state index contributed by atoms with van der Waals surface area (Å²) >= 11 is 0. The fourth-order valence-corrected chi connectivity index (χ4v) is 4.55. The lowest BCUT2D eigenvalue weighted by atomic mass is 10.1. The molecule has 0 radical (unpaired) electrons. The van der Waals surface area contributed by atoms with Crippen molar-refractivity contribution in [1.29, 1.82) is 0 Å². The minimum absolute atomic E-state index is 1.37. The highest BCUT2D eigenvalue weighted by atomic mass is 32.2. The van der Waals surface area contributed by atoms with E-state index in [1.165, 1.54) is 94.7 Å². The van der Waals surface area contributed by atoms with Gasteiger partial charge in [0.05, 0.1) is 26.7 Å². The van der Waals surface area contributed by atoms with Crippen LogP contribution in [0.3, 0.4) is 0 Å². The number of hydrogen-bond donors (Lipinski definition) is 0. The standard InChI is InChI=1S/C16H34N.C6HF5O3S/c1-3-4-5-6-7-8-9-11-14-17(2)15-12-10-13-16-17;7-1-2(8)4(10)6(15(12,13)14)5(11)3(1)9/h3-16H2,1-2H3;(H,12,13,14)/q+1;/p-1. The van der Waals surface area contributed by atoms with E-state index in [0.717, 1.165) is 0 Å². The first-order valence-electron chi connectivity index (χ1n) is 11.3. The Balaban J connectivity index is 0.000000323. The molecule has 32 heavy (non-hydrogen) atoms. The molecular weight excluding hydrogens is 453 g/mol. The van der Waals surface area contributed by atoms with Gasteiger partial charge in [-0.2, -0.15) is 0 Å². The van der Waals surface area contributed by atoms with Gasteiger partial charge in [-0.25, -0.2) is 30.4 Å². The summed E-state index contributed by atoms with van der Waals surface area (Å²) in [7, 11) is -3.30. The quantitative estimate of drug-likeness (QED) is 0.101. The van der Waals surface area contributed by atoms with Gasteiger partial charge < -0.3 is 9.04 Å². The molecular formula is C22H34F5NO3S. The minimum atomic E-state index is -5.77. The van der Waals surface area contributed by atoms with Gasteiger partial charge in [-0.3, -0.25) is 0 Å². The molecule has 0 N–H and O–H groups in total. The van der Waals surface area contributed by atoms with Gasteiger partial charge in [0.25, 0.3) is 0 Å². The second-order valence-corrected chi connectivity index (χ2v) is 10.00. The van der Waals surface area contributed by atoms with Crippen LogP contribution in [-0.4, -0.2) is 44.1 Å². The van der Waals surface area contributed by atoms with Crippen molar-refractivity contribution in [3.63, 3.8) is 0 Å². The number of piperidine rings is 1. The zero-order valence-corrected chi connectivity index (χ0v) is 19.7. The average Bonchev–Trinajstić information content (AvgIpc) is 2.73. The Labute approximate surface area is 188 Å². The predicted molar refractivity (Wildman–Crippen MR) is 111 cm³/mol. The molecule has 0 saturated carbocycles. The summed E-state index contributed by atoms with van der Waals surface area (Å²) < 4.78 is 94.3. The van der Waals surface area contributed by atoms with Crippen molar-refractivity contribution in [2.75, 3.05) is 26.7 Å². The summed E-state index contributed by atoms with van der Waals surface area (Å²) in [6, 6.07) is 0. The number of rotatable bonds is 10. The first-order chi connectivity index (χ1) is 14.9. The molecule has 1 fully saturated rings. The summed E-state index contributed by atoms with van der Waals surface area (Å²) in [5.74, 6) is -12.8. The van der Waals surface area contributed by atoms with Gasteiger partial charge in [0.15, 0.2) is 23.3 Å². The summed E-state index contributed by atoms with van der Waals surface area (Å²) in [4.78, 5) is -2.38. The Morgan fingerprint density at radius 1 is 0.719 bits per heavy atom. The summed E-state index contributed by atoms with van der Waals surface area (Å²) in [6.07, 6.45) is 16.0. The number of benzene rings is 1. The van der Waals surface area contributed by atoms with Gasteiger partial charge >= 0.3 is 0 Å². The Bertz CT molecular complexity index is 798. The SMILES string of the molecule is CCCCCCCCCC[N+]1(C)CCCCC1.O=S(=O)([O-])c1c(F)c(F)c(F)c(F)c1F. The van der Waals surface area contributed by atoms with Crippen molar-refractivity contribution in [2.45, 2.75) is 82.4 Å². The molecule has 4 nitrogen and oxygen atoms in total. The van der Waals surface area contributed by atoms with Crippen LogP contribution < -0.4 is 0 Å². The van der Waals surface area contributed by atoms with E-state index >= 15 is 0 Å². The zero-order valence-electron chi connectivity index (χ0n) is 18.9. The topological polar surface area (TPSA) is 57.2 Å². The first-order valence-corrected chi connectivity index (χ1v) is 12.7. The minimum Gasteiger partial charge on any atom is -0.744 e. The average molecular weight is 488 g/mol. The van der Waals surface area contributed by atoms with Crippen LogP contribution in [0.5, 0.6) is 0 Å². The van der Waals surface area contributed by atoms with E-state index in [1.54, 1.807) is 0 Å². The molecule has 0 unspecified atom stereocenters. The van der Waals surface area contributed by atoms with E-state index in [1.807, 2.05) is 0 Å². The van der Waals surface area contributed by atoms with Crippen LogP contribution >= 0.6 is 0 Å². The molecule has 1 aliphatic heterocycles. The fourth-order valence-electron chi connectivity index (χ4n) is 3.93. The van der Waals surface area contributed by atoms with Crippen LogP contribution in [0.15, 0.2) is 4.90 Å². The van der Waals surface area contributed by atoms with Gasteiger partial charge in [0.1, 0.15) is 15.0 Å². The molecule has 1 heterocycles. The molecule has 2 rings (SSSR count). The lowest BCUT2D eigenvalue weighted by Gasteiger charge is -2.37. The highest BCUT2D eigenvalue weighted by molar-refractivity contribution is 7.85. The molecule has 0 aliphatic carbocycles. The molecule has 0 spiro atoms. The Kier molecular flexibility index (Phi) is 12.1. The molecule has 186 valence electrons. The molecule has 0 bridgehead atoms. The summed E-state index contributed by atoms with van der Waals surface area (Å²) in [5.41, 5.74) is 0. The summed E-state index contributed by atoms with van der Waals surface area (Å²) in [5, 5.41) is 0. The molecule has 0 aromatic heterocycles. The van der Waals surface area contributed by atoms with Crippen molar-refractivity contribution in [1.82, 2.24) is 0 Å². The third kappa shape index (κ3) is 8.94. The first kappa shape index (κ1) is 28.8. The van der Waals surface area contributed by atoms with Crippen molar-refractivity contribution in [3.05, 3.63) is 29.1 Å². The molecule has 1 aromatic rings. The van der Waals surface area contributed by atoms with Gasteiger partial charge in [0, 0.05) is 0 Å². The third-order valence-corrected chi connectivity index (χ3v) is 6.73. The largest absolute Gasteiger partial charge is 0.744 e. The molecule has 1 aliphatic rings. The number of nitrogens with zero attached hydrogens (tertiary/aromatic N) is 1. The highest BCUT2D eigenvalue weighted by Crippen LogP contribution is 2.26. The van der Waals surface area contributed by atoms with Crippen molar-refractivity contribution in [2.24, 2.45) is 0 Å². The Morgan fingerprint density at radius 3 is 1.56 bits per heavy atom. The molecule has 10 heteroatoms. The van der Waals surface area contributed by atoms with Gasteiger partial charge in [-0.15, -0.1) is 0 Å². The van der Waals surface area contributed by atoms with Gasteiger partial charge in [0.2, 0.25) is 5.82 Å². The number of halogens is 5. The second kappa shape index (κ2) is 13.4. The molecule has 1 saturated heterocycles. The second-order valence-electron chi connectivity index (χ2n) is 8.68. The molecule has 1 aromatic carbocycles. The van der Waals surface area contributed by atoms with Crippen molar-refractivity contribution < 1.29 is 39.4 Å². The van der Waals surface area contributed by atoms with Crippen LogP contribution in [0.2, 0.25) is 0 Å². The van der Waals surface area contributed by atoms with Crippen LogP contribution in [-0.2, 0) is 10.1 Å². The van der Waals surface area contributed by atoms with Crippen molar-refractivity contribution in [3.8, 4) is 0 Å². The smallest absolute Gasteiger partial charge is 0.200 e. The van der Waals surface area contributed by atoms with E-state index in [9.17, 15) is 34.9 Å². The Hall–Kier alpha value is -1.26. The number of likely N-dealkylation sites (tertiary alicyclic amines) is 1. The van der Waals surface area contributed by atoms with Crippen LogP contribution in [0.4, 0.5) is 22.0 Å². The predicted octanol–water partition coefficient (Wildman–Crippen LogP) is 6.04. The van der Waals surface area contributed by atoms with E-state index in [-0.39, 0.29) is 0 Å². The Morgan fingerprint density at radius 2 is 1.12 bits per heavy atom. The maximum atomic E-state index is 12.6. The molecule has 0 atom stereocenters. The van der Waals surface area contributed by atoms with Crippen LogP contribution in [0, 0.1) is 29.1 Å². The van der Waals surface area contributed by atoms with Crippen LogP contribution in [0.25, 0.3) is 0 Å². The van der Waals surface area contributed by atoms with E-state index in [4.69, 9.17) is 0 Å². The monoisotopic (exact) mass is 487 g/mol. The maximum Gasteiger partial charge on any atom is 0.200 e. The number of quaternary nitrogens is 1. The number of unbranched alkanes of at least 4 members (excludes halogenated alkanes) is 7. The lowest BCUT2D eigenvalue weighted by Crippen LogP contribution is -2.48. The lowest BCUT2D eigenvalue weighted by molar-refractivity contribution is -0.914. The van der Waals surface area contributed by atoms with E-state index < -0.39 is 44.1 Å². The zero-order chi connectivity index (χ0) is 24.4. The highest BCUT2D eigenvalue weighted by Gasteiger charge is 2.29. The summed E-state index contributed by atoms with van der Waals surface area (Å²) in [6.45, 7) is 6.62. The third-order valence-electron chi connectivity index (χ3n) is 5.87. The van der Waals surface area contributed by atoms with E-state index in [2.05, 4.69) is 14.0 Å². The van der Waals surface area contributed by atoms with Gasteiger partial charge in [-0.1, -0.05) is 45.4 Å². The maximum absolute atomic E-state index is 12.6. The molecule has 0 amide bonds. The normalized spacial score (nSPS) is 15.9. The van der Waals surface area contributed by atoms with Crippen LogP contribution in [0.1, 0.15) is 77.6 Å². The van der Waals surface area contributed by atoms with Gasteiger partial charge in [-0.05, 0) is 32.1 Å².